The molecule has 0 aliphatic carbocycles. The lowest BCUT2D eigenvalue weighted by Gasteiger charge is -2.33. The Bertz CT molecular complexity index is 4340. The lowest BCUT2D eigenvalue weighted by molar-refractivity contribution is -0.148. The number of aliphatic hydroxyl groups is 5. The minimum atomic E-state index is -1.91. The first kappa shape index (κ1) is 109. The molecule has 53 heteroatoms. The molecule has 5 aliphatic rings. The third kappa shape index (κ3) is 32.2. The largest absolute Gasteiger partial charge is 0.481 e. The van der Waals surface area contributed by atoms with Gasteiger partial charge in [-0.25, -0.2) is 9.78 Å². The summed E-state index contributed by atoms with van der Waals surface area (Å²) in [7, 11) is 0. The molecular formula is C80H127N25O28. The SMILES string of the molecule is CC(C)[C@H](NC(=O)CNC(=O)[C@H](Cc1cnc[nH]1)NC(=O)[C@H](C)NC(=O)[C@@H]1CCCN1C(=O)[C@@H]1CCCN1C(=O)[C@H](C)NC(=O)[C@@H](NC(=O)[C@H](CO)NC(=O)CNC(=O)[C@@H]1CCCN1C(=O)[C@H](C)NC(=O)[C@@H]1CCCN1)[C@@H](C)O)C(=O)N[C@H](C(=O)N[C@@H](CO)C(=O)N[C@@H](C)C(=O)N1CCC[C@H]1C(=O)N[C@@H](CCC(=O)O)C(=O)N[C@@H](CO)C(=O)N[C@@H](CCCNC(=N)N)C(=O)O)[C@@H](C)O. The van der Waals surface area contributed by atoms with E-state index in [0.29, 0.717) is 37.9 Å². The standard InChI is InChI=1S/C80H127N25O28/c1-37(2)59(72(125)101-61(43(8)110)74(127)98-50(34-107)66(119)91-40(5)76(129)103-26-12-19-54(103)71(124)94-46(21-22-58(113)114)65(118)97-51(35-108)67(120)95-47(79(132)133)16-10-24-85-80(81)82)99-57(112)32-86-63(116)48(29-44-30-83-36-88-44)96-62(115)38(3)89-70(123)53-18-13-27-104(53)78(131)55-20-14-28-105(55)77(130)41(6)92-73(126)60(42(7)109)100-68(121)49(33-106)93-56(111)31-87-69(122)52-17-11-25-102(52)75(128)39(4)90-64(117)45-15-9-23-84-45/h30,36-43,45-55,59-61,84,106-110H,9-29,31-35H2,1-8H3,(H,83,88)(H,86,116)(H,87,122)(H,89,123)(H,90,117)(H,91,119)(H,92,126)(H,93,111)(H,94,124)(H,95,120)(H,96,115)(H,97,118)(H,98,127)(H,99,112)(H,100,121)(H,101,125)(H,113,114)(H,132,133)(H4,81,82,85)/t38-,39-,40-,41-,42+,43+,45-,46-,47-,48-,49-,50-,51-,52-,53-,54-,55-,59-,60-,61-/m0/s1. The number of aromatic amines is 1. The van der Waals surface area contributed by atoms with E-state index in [-0.39, 0.29) is 96.0 Å². The van der Waals surface area contributed by atoms with Gasteiger partial charge in [0.15, 0.2) is 5.96 Å². The molecule has 6 heterocycles. The molecule has 5 saturated heterocycles. The number of carbonyl (C=O) groups excluding carboxylic acids is 19. The number of rotatable bonds is 50. The van der Waals surface area contributed by atoms with Crippen molar-refractivity contribution in [2.24, 2.45) is 11.7 Å². The molecule has 6 rings (SSSR count). The number of carboxylic acid groups (broad SMARTS) is 2. The second kappa shape index (κ2) is 52.4. The van der Waals surface area contributed by atoms with Gasteiger partial charge in [0.05, 0.1) is 57.5 Å². The molecule has 28 N–H and O–H groups in total. The average Bonchev–Trinajstić information content (AvgIpc) is 1.68. The van der Waals surface area contributed by atoms with Gasteiger partial charge in [-0.3, -0.25) is 101 Å². The van der Waals surface area contributed by atoms with Crippen LogP contribution in [0.2, 0.25) is 0 Å². The number of aliphatic hydroxyl groups excluding tert-OH is 5. The second-order valence-electron chi connectivity index (χ2n) is 33.5. The molecule has 0 aromatic carbocycles. The van der Waals surface area contributed by atoms with Gasteiger partial charge < -0.3 is 156 Å². The molecule has 0 saturated carbocycles. The van der Waals surface area contributed by atoms with Gasteiger partial charge in [0.25, 0.3) is 0 Å². The first-order valence-electron chi connectivity index (χ1n) is 43.9. The van der Waals surface area contributed by atoms with Gasteiger partial charge in [-0.05, 0) is 137 Å². The van der Waals surface area contributed by atoms with Crippen molar-refractivity contribution in [1.82, 2.24) is 120 Å². The Morgan fingerprint density at radius 3 is 1.39 bits per heavy atom. The number of nitrogens with one attached hydrogen (secondary N) is 19. The fourth-order valence-corrected chi connectivity index (χ4v) is 15.5. The molecule has 53 nitrogen and oxygen atoms in total. The Morgan fingerprint density at radius 2 is 0.872 bits per heavy atom. The summed E-state index contributed by atoms with van der Waals surface area (Å²) in [6, 6.07) is -25.8. The molecule has 0 bridgehead atoms. The Hall–Kier alpha value is -12.9. The summed E-state index contributed by atoms with van der Waals surface area (Å²) in [5, 5.41) is 119. The third-order valence-electron chi connectivity index (χ3n) is 22.8. The molecule has 1 aromatic heterocycles. The number of nitrogens with two attached hydrogens (primary N) is 1. The molecule has 0 spiro atoms. The van der Waals surface area contributed by atoms with Crippen LogP contribution in [-0.2, 0) is 107 Å². The van der Waals surface area contributed by atoms with Crippen molar-refractivity contribution in [3.8, 4) is 0 Å². The number of H-pyrrole nitrogens is 1. The molecule has 133 heavy (non-hydrogen) atoms. The van der Waals surface area contributed by atoms with E-state index in [1.807, 2.05) is 0 Å². The highest BCUT2D eigenvalue weighted by atomic mass is 16.4. The van der Waals surface area contributed by atoms with Crippen molar-refractivity contribution in [3.63, 3.8) is 0 Å². The summed E-state index contributed by atoms with van der Waals surface area (Å²) in [5.41, 5.74) is 5.54. The van der Waals surface area contributed by atoms with Crippen molar-refractivity contribution in [1.29, 1.82) is 5.41 Å². The van der Waals surface area contributed by atoms with Crippen molar-refractivity contribution in [3.05, 3.63) is 18.2 Å². The number of carbonyl (C=O) groups is 21. The normalized spacial score (nSPS) is 20.3. The minimum absolute atomic E-state index is 0.0237. The lowest BCUT2D eigenvalue weighted by atomic mass is 10.0. The number of nitrogens with zero attached hydrogens (tertiary/aromatic N) is 5. The maximum Gasteiger partial charge on any atom is 0.326 e. The Labute approximate surface area is 763 Å². The van der Waals surface area contributed by atoms with Crippen LogP contribution in [0.5, 0.6) is 0 Å². The van der Waals surface area contributed by atoms with Crippen LogP contribution in [0.4, 0.5) is 0 Å². The Balaban J connectivity index is 0.972. The van der Waals surface area contributed by atoms with E-state index in [1.54, 1.807) is 0 Å². The molecule has 5 aliphatic heterocycles. The second-order valence-corrected chi connectivity index (χ2v) is 33.5. The predicted octanol–water partition coefficient (Wildman–Crippen LogP) is -13.1. The highest BCUT2D eigenvalue weighted by Gasteiger charge is 2.47. The number of aliphatic carboxylic acids is 2. The van der Waals surface area contributed by atoms with E-state index in [0.717, 1.165) is 25.2 Å². The van der Waals surface area contributed by atoms with E-state index < -0.39 is 291 Å². The molecule has 0 radical (unpaired) electrons. The fraction of sp³-hybridized carbons (Fsp3) is 0.688. The number of hydrogen-bond donors (Lipinski definition) is 27. The minimum Gasteiger partial charge on any atom is -0.481 e. The maximum atomic E-state index is 14.5. The zero-order valence-corrected chi connectivity index (χ0v) is 75.2. The predicted molar refractivity (Wildman–Crippen MR) is 459 cm³/mol. The van der Waals surface area contributed by atoms with Gasteiger partial charge >= 0.3 is 11.9 Å². The van der Waals surface area contributed by atoms with Gasteiger partial charge in [0.2, 0.25) is 112 Å². The zero-order valence-electron chi connectivity index (χ0n) is 75.2. The summed E-state index contributed by atoms with van der Waals surface area (Å²) < 4.78 is 0. The summed E-state index contributed by atoms with van der Waals surface area (Å²) in [5.74, 6) is -21.7. The van der Waals surface area contributed by atoms with Crippen LogP contribution in [-0.4, -0.2) is 389 Å². The van der Waals surface area contributed by atoms with E-state index >= 15 is 0 Å². The molecule has 1 aromatic rings. The van der Waals surface area contributed by atoms with E-state index in [9.17, 15) is 136 Å². The number of amides is 19. The van der Waals surface area contributed by atoms with Crippen molar-refractivity contribution in [2.45, 2.75) is 273 Å². The van der Waals surface area contributed by atoms with Crippen LogP contribution in [0.3, 0.4) is 0 Å². The number of aromatic nitrogens is 2. The van der Waals surface area contributed by atoms with Crippen LogP contribution < -0.4 is 96.1 Å². The van der Waals surface area contributed by atoms with Crippen molar-refractivity contribution >= 4 is 130 Å². The first-order chi connectivity index (χ1) is 62.8. The van der Waals surface area contributed by atoms with Crippen LogP contribution in [0.25, 0.3) is 0 Å². The Kier molecular flexibility index (Phi) is 42.9. The maximum absolute atomic E-state index is 14.5. The molecule has 19 amide bonds. The van der Waals surface area contributed by atoms with Crippen molar-refractivity contribution in [2.75, 3.05) is 72.2 Å². The summed E-state index contributed by atoms with van der Waals surface area (Å²) in [4.78, 5) is 295. The molecule has 0 unspecified atom stereocenters. The smallest absolute Gasteiger partial charge is 0.326 e. The van der Waals surface area contributed by atoms with Crippen molar-refractivity contribution < 1.29 is 136 Å². The highest BCUT2D eigenvalue weighted by Crippen LogP contribution is 2.27. The van der Waals surface area contributed by atoms with E-state index in [2.05, 4.69) is 100 Å². The van der Waals surface area contributed by atoms with Gasteiger partial charge in [0.1, 0.15) is 103 Å². The lowest BCUT2D eigenvalue weighted by Crippen LogP contribution is -2.62. The fourth-order valence-electron chi connectivity index (χ4n) is 15.5. The summed E-state index contributed by atoms with van der Waals surface area (Å²) >= 11 is 0. The number of carboxylic acids is 2. The first-order valence-corrected chi connectivity index (χ1v) is 43.9. The number of hydrogen-bond acceptors (Lipinski definition) is 29. The van der Waals surface area contributed by atoms with Gasteiger partial charge in [-0.2, -0.15) is 0 Å². The average molecular weight is 1890 g/mol. The highest BCUT2D eigenvalue weighted by molar-refractivity contribution is 6.02. The number of likely N-dealkylation sites (tertiary alicyclic amines) is 4. The summed E-state index contributed by atoms with van der Waals surface area (Å²) in [6.45, 7) is 6.52. The number of imidazole rings is 1. The number of guanidine groups is 1. The van der Waals surface area contributed by atoms with Gasteiger partial charge in [0, 0.05) is 57.5 Å². The van der Waals surface area contributed by atoms with E-state index in [4.69, 9.17) is 11.1 Å². The van der Waals surface area contributed by atoms with Crippen LogP contribution in [0.15, 0.2) is 12.5 Å². The zero-order chi connectivity index (χ0) is 98.9. The topological polar surface area (TPSA) is 796 Å². The molecular weight excluding hydrogens is 1760 g/mol. The summed E-state index contributed by atoms with van der Waals surface area (Å²) in [6.07, 6.45) is 0.706. The van der Waals surface area contributed by atoms with E-state index in [1.165, 1.54) is 68.8 Å². The quantitative estimate of drug-likeness (QED) is 0.0164. The third-order valence-corrected chi connectivity index (χ3v) is 22.8. The van der Waals surface area contributed by atoms with Gasteiger partial charge in [-0.1, -0.05) is 13.8 Å². The molecule has 5 fully saturated rings. The monoisotopic (exact) mass is 1890 g/mol. The van der Waals surface area contributed by atoms with Crippen LogP contribution >= 0.6 is 0 Å². The van der Waals surface area contributed by atoms with Crippen LogP contribution in [0.1, 0.15) is 151 Å². The molecule has 740 valence electrons. The van der Waals surface area contributed by atoms with Gasteiger partial charge in [-0.15, -0.1) is 0 Å². The Morgan fingerprint density at radius 1 is 0.436 bits per heavy atom. The molecule has 20 atom stereocenters. The van der Waals surface area contributed by atoms with Crippen LogP contribution in [0, 0.1) is 11.3 Å².